The van der Waals surface area contributed by atoms with Crippen LogP contribution in [-0.2, 0) is 4.74 Å². The summed E-state index contributed by atoms with van der Waals surface area (Å²) in [4.78, 5) is 14.4. The zero-order valence-electron chi connectivity index (χ0n) is 12.4. The van der Waals surface area contributed by atoms with Gasteiger partial charge in [0.1, 0.15) is 23.0 Å². The Labute approximate surface area is 132 Å². The van der Waals surface area contributed by atoms with E-state index in [1.807, 2.05) is 18.2 Å². The van der Waals surface area contributed by atoms with Gasteiger partial charge in [-0.15, -0.1) is 0 Å². The Hall–Kier alpha value is -3.08. The topological polar surface area (TPSA) is 51.3 Å². The number of benzene rings is 2. The van der Waals surface area contributed by atoms with E-state index in [1.165, 1.54) is 19.2 Å². The van der Waals surface area contributed by atoms with Gasteiger partial charge in [0, 0.05) is 5.69 Å². The lowest BCUT2D eigenvalue weighted by atomic mass is 10.1. The van der Waals surface area contributed by atoms with Crippen LogP contribution >= 0.6 is 0 Å². The molecular formula is C18H14FNO3. The monoisotopic (exact) mass is 311 g/mol. The van der Waals surface area contributed by atoms with Gasteiger partial charge in [-0.3, -0.25) is 0 Å². The second-order valence-electron chi connectivity index (χ2n) is 4.86. The summed E-state index contributed by atoms with van der Waals surface area (Å²) < 4.78 is 23.2. The minimum absolute atomic E-state index is 0.305. The molecule has 0 atom stereocenters. The van der Waals surface area contributed by atoms with Crippen molar-refractivity contribution in [2.45, 2.75) is 0 Å². The van der Waals surface area contributed by atoms with Gasteiger partial charge in [-0.25, -0.2) is 9.18 Å². The highest BCUT2D eigenvalue weighted by atomic mass is 19.1. The lowest BCUT2D eigenvalue weighted by molar-refractivity contribution is 0.0595. The lowest BCUT2D eigenvalue weighted by Crippen LogP contribution is -2.00. The maximum Gasteiger partial charge on any atom is 0.354 e. The predicted octanol–water partition coefficient (Wildman–Crippen LogP) is 4.40. The first-order chi connectivity index (χ1) is 11.2. The zero-order valence-corrected chi connectivity index (χ0v) is 12.4. The summed E-state index contributed by atoms with van der Waals surface area (Å²) in [5.74, 6) is 0.487. The summed E-state index contributed by atoms with van der Waals surface area (Å²) in [5.41, 5.74) is 2.11. The van der Waals surface area contributed by atoms with Crippen molar-refractivity contribution < 1.29 is 18.7 Å². The fourth-order valence-corrected chi connectivity index (χ4v) is 2.13. The van der Waals surface area contributed by atoms with E-state index in [4.69, 9.17) is 4.74 Å². The van der Waals surface area contributed by atoms with Crippen molar-refractivity contribution in [1.82, 2.24) is 4.98 Å². The van der Waals surface area contributed by atoms with Crippen LogP contribution in [0.1, 0.15) is 10.5 Å². The van der Waals surface area contributed by atoms with E-state index in [0.29, 0.717) is 17.2 Å². The summed E-state index contributed by atoms with van der Waals surface area (Å²) in [6.07, 6.45) is 0. The maximum atomic E-state index is 12.9. The Morgan fingerprint density at radius 3 is 2.13 bits per heavy atom. The number of aromatic amines is 1. The van der Waals surface area contributed by atoms with E-state index in [1.54, 1.807) is 30.3 Å². The highest BCUT2D eigenvalue weighted by Gasteiger charge is 2.09. The van der Waals surface area contributed by atoms with Crippen LogP contribution in [0.25, 0.3) is 11.3 Å². The van der Waals surface area contributed by atoms with E-state index in [-0.39, 0.29) is 5.82 Å². The molecule has 0 saturated heterocycles. The van der Waals surface area contributed by atoms with Gasteiger partial charge in [0.15, 0.2) is 0 Å². The van der Waals surface area contributed by atoms with Crippen molar-refractivity contribution in [1.29, 1.82) is 0 Å². The van der Waals surface area contributed by atoms with Crippen LogP contribution in [0.15, 0.2) is 60.7 Å². The number of aromatic nitrogens is 1. The summed E-state index contributed by atoms with van der Waals surface area (Å²) in [6.45, 7) is 0. The van der Waals surface area contributed by atoms with Crippen LogP contribution in [0.3, 0.4) is 0 Å². The number of esters is 1. The molecule has 0 fully saturated rings. The third-order valence-electron chi connectivity index (χ3n) is 3.31. The smallest absolute Gasteiger partial charge is 0.354 e. The number of nitrogens with one attached hydrogen (secondary N) is 1. The third-order valence-corrected chi connectivity index (χ3v) is 3.31. The normalized spacial score (nSPS) is 10.3. The molecule has 0 unspecified atom stereocenters. The van der Waals surface area contributed by atoms with Crippen LogP contribution in [0.2, 0.25) is 0 Å². The summed E-state index contributed by atoms with van der Waals surface area (Å²) in [5, 5.41) is 0. The van der Waals surface area contributed by atoms with E-state index in [9.17, 15) is 9.18 Å². The largest absolute Gasteiger partial charge is 0.464 e. The molecule has 3 aromatic rings. The molecule has 0 spiro atoms. The Balaban J connectivity index is 1.75. The number of hydrogen-bond acceptors (Lipinski definition) is 3. The molecule has 2 aromatic carbocycles. The molecule has 0 amide bonds. The minimum Gasteiger partial charge on any atom is -0.464 e. The van der Waals surface area contributed by atoms with Crippen LogP contribution in [0.4, 0.5) is 4.39 Å². The van der Waals surface area contributed by atoms with Crippen molar-refractivity contribution in [3.63, 3.8) is 0 Å². The molecule has 5 heteroatoms. The van der Waals surface area contributed by atoms with Crippen molar-refractivity contribution in [2.24, 2.45) is 0 Å². The van der Waals surface area contributed by atoms with Gasteiger partial charge in [-0.2, -0.15) is 0 Å². The molecule has 1 aromatic heterocycles. The van der Waals surface area contributed by atoms with E-state index < -0.39 is 5.97 Å². The number of methoxy groups -OCH3 is 1. The fraction of sp³-hybridized carbons (Fsp3) is 0.0556. The van der Waals surface area contributed by atoms with E-state index >= 15 is 0 Å². The molecule has 116 valence electrons. The lowest BCUT2D eigenvalue weighted by Gasteiger charge is -2.06. The third kappa shape index (κ3) is 3.40. The van der Waals surface area contributed by atoms with Gasteiger partial charge in [-0.1, -0.05) is 0 Å². The molecule has 0 radical (unpaired) electrons. The molecule has 1 heterocycles. The van der Waals surface area contributed by atoms with Crippen molar-refractivity contribution in [2.75, 3.05) is 7.11 Å². The van der Waals surface area contributed by atoms with Gasteiger partial charge in [0.05, 0.1) is 7.11 Å². The van der Waals surface area contributed by atoms with Gasteiger partial charge in [0.25, 0.3) is 0 Å². The molecule has 3 rings (SSSR count). The summed E-state index contributed by atoms with van der Waals surface area (Å²) in [7, 11) is 1.34. The van der Waals surface area contributed by atoms with Gasteiger partial charge < -0.3 is 14.5 Å². The quantitative estimate of drug-likeness (QED) is 0.727. The van der Waals surface area contributed by atoms with Gasteiger partial charge >= 0.3 is 5.97 Å². The standard InChI is InChI=1S/C18H14FNO3/c1-22-18(21)17-11-10-16(20-17)12-2-6-14(7-3-12)23-15-8-4-13(19)5-9-15/h2-11,20H,1H3. The van der Waals surface area contributed by atoms with Crippen LogP contribution in [0, 0.1) is 5.82 Å². The average molecular weight is 311 g/mol. The number of halogens is 1. The van der Waals surface area contributed by atoms with Gasteiger partial charge in [-0.05, 0) is 66.2 Å². The number of hydrogen-bond donors (Lipinski definition) is 1. The van der Waals surface area contributed by atoms with Crippen LogP contribution in [0.5, 0.6) is 11.5 Å². The Morgan fingerprint density at radius 2 is 1.52 bits per heavy atom. The molecule has 0 aliphatic heterocycles. The second-order valence-corrected chi connectivity index (χ2v) is 4.86. The maximum absolute atomic E-state index is 12.9. The SMILES string of the molecule is COC(=O)c1ccc(-c2ccc(Oc3ccc(F)cc3)cc2)[nH]1. The number of H-pyrrole nitrogens is 1. The summed E-state index contributed by atoms with van der Waals surface area (Å²) >= 11 is 0. The molecule has 0 saturated carbocycles. The second kappa shape index (κ2) is 6.36. The Morgan fingerprint density at radius 1 is 0.913 bits per heavy atom. The molecular weight excluding hydrogens is 297 g/mol. The molecule has 1 N–H and O–H groups in total. The summed E-state index contributed by atoms with van der Waals surface area (Å²) in [6, 6.07) is 16.6. The first-order valence-corrected chi connectivity index (χ1v) is 6.97. The number of rotatable bonds is 4. The van der Waals surface area contributed by atoms with Gasteiger partial charge in [0.2, 0.25) is 0 Å². The Kier molecular flexibility index (Phi) is 4.10. The Bertz CT molecular complexity index is 807. The van der Waals surface area contributed by atoms with Crippen LogP contribution in [-0.4, -0.2) is 18.1 Å². The highest BCUT2D eigenvalue weighted by Crippen LogP contribution is 2.25. The predicted molar refractivity (Wildman–Crippen MR) is 84.0 cm³/mol. The van der Waals surface area contributed by atoms with E-state index in [2.05, 4.69) is 9.72 Å². The molecule has 0 aliphatic rings. The molecule has 0 bridgehead atoms. The number of carbonyl (C=O) groups is 1. The number of carbonyl (C=O) groups excluding carboxylic acids is 1. The molecule has 0 aliphatic carbocycles. The molecule has 23 heavy (non-hydrogen) atoms. The van der Waals surface area contributed by atoms with Crippen LogP contribution < -0.4 is 4.74 Å². The van der Waals surface area contributed by atoms with Crippen molar-refractivity contribution in [3.05, 3.63) is 72.2 Å². The minimum atomic E-state index is -0.410. The highest BCUT2D eigenvalue weighted by molar-refractivity contribution is 5.88. The van der Waals surface area contributed by atoms with Crippen molar-refractivity contribution in [3.8, 4) is 22.8 Å². The average Bonchev–Trinajstić information content (AvgIpc) is 3.07. The molecule has 4 nitrogen and oxygen atoms in total. The first kappa shape index (κ1) is 14.8. The van der Waals surface area contributed by atoms with Crippen molar-refractivity contribution >= 4 is 5.97 Å². The zero-order chi connectivity index (χ0) is 16.2. The fourth-order valence-electron chi connectivity index (χ4n) is 2.13. The van der Waals surface area contributed by atoms with E-state index in [0.717, 1.165) is 11.3 Å². The number of ether oxygens (including phenoxy) is 2. The first-order valence-electron chi connectivity index (χ1n) is 6.97.